The van der Waals surface area contributed by atoms with E-state index in [1.54, 1.807) is 6.20 Å². The van der Waals surface area contributed by atoms with Gasteiger partial charge >= 0.3 is 0 Å². The predicted molar refractivity (Wildman–Crippen MR) is 79.5 cm³/mol. The second-order valence-electron chi connectivity index (χ2n) is 4.97. The first-order valence-corrected chi connectivity index (χ1v) is 6.72. The fraction of sp³-hybridized carbons (Fsp3) is 0.375. The first-order chi connectivity index (χ1) is 9.15. The molecule has 0 bridgehead atoms. The van der Waals surface area contributed by atoms with Crippen LogP contribution >= 0.6 is 0 Å². The lowest BCUT2D eigenvalue weighted by atomic mass is 9.98. The van der Waals surface area contributed by atoms with Crippen LogP contribution in [-0.2, 0) is 0 Å². The summed E-state index contributed by atoms with van der Waals surface area (Å²) in [5.41, 5.74) is 4.00. The summed E-state index contributed by atoms with van der Waals surface area (Å²) in [6.07, 6.45) is 4.89. The van der Waals surface area contributed by atoms with Gasteiger partial charge in [-0.05, 0) is 55.7 Å². The van der Waals surface area contributed by atoms with E-state index >= 15 is 0 Å². The van der Waals surface area contributed by atoms with Gasteiger partial charge in [-0.25, -0.2) is 0 Å². The maximum absolute atomic E-state index is 12.0. The monoisotopic (exact) mass is 256 g/mol. The highest BCUT2D eigenvalue weighted by atomic mass is 16.1. The molecule has 3 nitrogen and oxygen atoms in total. The van der Waals surface area contributed by atoms with Crippen molar-refractivity contribution in [3.05, 3.63) is 41.1 Å². The van der Waals surface area contributed by atoms with Crippen LogP contribution in [0.4, 0.5) is 0 Å². The lowest BCUT2D eigenvalue weighted by Crippen LogP contribution is -2.26. The number of hydrogen-bond acceptors (Lipinski definition) is 2. The Balaban J connectivity index is 2.22. The number of allylic oxidation sites excluding steroid dienone is 1. The van der Waals surface area contributed by atoms with Gasteiger partial charge in [0.05, 0.1) is 0 Å². The van der Waals surface area contributed by atoms with E-state index in [1.807, 2.05) is 25.1 Å². The van der Waals surface area contributed by atoms with Crippen LogP contribution in [0, 0.1) is 6.92 Å². The summed E-state index contributed by atoms with van der Waals surface area (Å²) in [6, 6.07) is 6.31. The molecule has 1 aromatic carbocycles. The maximum Gasteiger partial charge on any atom is 0.251 e. The van der Waals surface area contributed by atoms with Crippen LogP contribution in [0.3, 0.4) is 0 Å². The molecule has 1 fully saturated rings. The number of rotatable bonds is 5. The average molecular weight is 256 g/mol. The third-order valence-electron chi connectivity index (χ3n) is 3.38. The molecular formula is C16H20N2O. The number of aryl methyl sites for hydroxylation is 1. The second-order valence-corrected chi connectivity index (χ2v) is 4.97. The molecule has 0 aromatic heterocycles. The van der Waals surface area contributed by atoms with E-state index in [9.17, 15) is 4.79 Å². The molecule has 1 saturated carbocycles. The molecule has 3 heteroatoms. The van der Waals surface area contributed by atoms with Crippen LogP contribution < -0.4 is 5.32 Å². The molecule has 100 valence electrons. The minimum atomic E-state index is 0.0374. The van der Waals surface area contributed by atoms with E-state index in [0.29, 0.717) is 6.04 Å². The van der Waals surface area contributed by atoms with Crippen LogP contribution in [0.15, 0.2) is 29.4 Å². The van der Waals surface area contributed by atoms with E-state index < -0.39 is 0 Å². The fourth-order valence-corrected chi connectivity index (χ4v) is 2.09. The number of carbonyl (C=O) groups excluding carboxylic acids is 1. The van der Waals surface area contributed by atoms with Gasteiger partial charge in [0.25, 0.3) is 5.91 Å². The number of nitrogens with one attached hydrogen (secondary N) is 1. The quantitative estimate of drug-likeness (QED) is 0.807. The lowest BCUT2D eigenvalue weighted by Gasteiger charge is -2.10. The van der Waals surface area contributed by atoms with Crippen molar-refractivity contribution in [2.75, 3.05) is 0 Å². The Bertz CT molecular complexity index is 528. The van der Waals surface area contributed by atoms with E-state index in [1.165, 1.54) is 0 Å². The van der Waals surface area contributed by atoms with E-state index in [2.05, 4.69) is 24.0 Å². The third kappa shape index (κ3) is 3.31. The molecule has 1 aliphatic rings. The van der Waals surface area contributed by atoms with Gasteiger partial charge < -0.3 is 5.32 Å². The van der Waals surface area contributed by atoms with Crippen molar-refractivity contribution in [3.8, 4) is 0 Å². The van der Waals surface area contributed by atoms with Crippen LogP contribution in [0.5, 0.6) is 0 Å². The van der Waals surface area contributed by atoms with E-state index in [4.69, 9.17) is 0 Å². The second kappa shape index (κ2) is 5.83. The van der Waals surface area contributed by atoms with Crippen molar-refractivity contribution >= 4 is 18.2 Å². The molecule has 0 radical (unpaired) electrons. The largest absolute Gasteiger partial charge is 0.349 e. The normalized spacial score (nSPS) is 15.2. The molecule has 0 spiro atoms. The van der Waals surface area contributed by atoms with Crippen molar-refractivity contribution in [2.45, 2.75) is 39.2 Å². The summed E-state index contributed by atoms with van der Waals surface area (Å²) < 4.78 is 0. The topological polar surface area (TPSA) is 41.5 Å². The smallest absolute Gasteiger partial charge is 0.251 e. The first-order valence-electron chi connectivity index (χ1n) is 6.72. The van der Waals surface area contributed by atoms with Gasteiger partial charge in [-0.3, -0.25) is 9.79 Å². The Morgan fingerprint density at radius 1 is 1.53 bits per heavy atom. The summed E-state index contributed by atoms with van der Waals surface area (Å²) in [5.74, 6) is 0.0374. The molecule has 0 heterocycles. The number of benzene rings is 1. The standard InChI is InChI=1S/C16H20N2O/c1-4-12(10-17-3)13-5-8-15(11(2)9-13)16(19)18-14-6-7-14/h5,8-10,14H,3-4,6-7H2,1-2H3,(H,18,19). The zero-order valence-electron chi connectivity index (χ0n) is 11.6. The van der Waals surface area contributed by atoms with Gasteiger partial charge in [0.2, 0.25) is 0 Å². The lowest BCUT2D eigenvalue weighted by molar-refractivity contribution is 0.0950. The Morgan fingerprint density at radius 2 is 2.26 bits per heavy atom. The highest BCUT2D eigenvalue weighted by Crippen LogP contribution is 2.23. The van der Waals surface area contributed by atoms with Gasteiger partial charge in [0, 0.05) is 17.8 Å². The average Bonchev–Trinajstić information content (AvgIpc) is 3.19. The number of carbonyl (C=O) groups is 1. The highest BCUT2D eigenvalue weighted by Gasteiger charge is 2.24. The molecule has 0 unspecified atom stereocenters. The van der Waals surface area contributed by atoms with Crippen LogP contribution in [-0.4, -0.2) is 18.7 Å². The summed E-state index contributed by atoms with van der Waals surface area (Å²) >= 11 is 0. The minimum Gasteiger partial charge on any atom is -0.349 e. The Kier molecular flexibility index (Phi) is 4.15. The number of nitrogens with zero attached hydrogens (tertiary/aromatic N) is 1. The number of hydrogen-bond donors (Lipinski definition) is 1. The molecular weight excluding hydrogens is 236 g/mol. The summed E-state index contributed by atoms with van der Waals surface area (Å²) in [6.45, 7) is 7.55. The maximum atomic E-state index is 12.0. The van der Waals surface area contributed by atoms with E-state index in [0.717, 1.165) is 41.5 Å². The SMILES string of the molecule is C=NC=C(CC)c1ccc(C(=O)NC2CC2)c(C)c1. The molecule has 1 N–H and O–H groups in total. The van der Waals surface area contributed by atoms with Gasteiger partial charge in [0.1, 0.15) is 0 Å². The fourth-order valence-electron chi connectivity index (χ4n) is 2.09. The van der Waals surface area contributed by atoms with Crippen molar-refractivity contribution < 1.29 is 4.79 Å². The van der Waals surface area contributed by atoms with Gasteiger partial charge in [-0.2, -0.15) is 0 Å². The highest BCUT2D eigenvalue weighted by molar-refractivity contribution is 5.96. The van der Waals surface area contributed by atoms with Crippen molar-refractivity contribution in [3.63, 3.8) is 0 Å². The predicted octanol–water partition coefficient (Wildman–Crippen LogP) is 3.34. The van der Waals surface area contributed by atoms with Gasteiger partial charge in [0.15, 0.2) is 0 Å². The van der Waals surface area contributed by atoms with E-state index in [-0.39, 0.29) is 5.91 Å². The molecule has 1 aliphatic carbocycles. The van der Waals surface area contributed by atoms with Gasteiger partial charge in [-0.15, -0.1) is 0 Å². The summed E-state index contributed by atoms with van der Waals surface area (Å²) in [7, 11) is 0. The molecule has 0 atom stereocenters. The molecule has 1 amide bonds. The Hall–Kier alpha value is -1.90. The summed E-state index contributed by atoms with van der Waals surface area (Å²) in [5, 5.41) is 3.02. The number of aliphatic imine (C=N–C) groups is 1. The first kappa shape index (κ1) is 13.5. The Morgan fingerprint density at radius 3 is 2.79 bits per heavy atom. The van der Waals surface area contributed by atoms with Gasteiger partial charge in [-0.1, -0.05) is 19.1 Å². The molecule has 0 aliphatic heterocycles. The molecule has 2 rings (SSSR count). The Labute approximate surface area is 114 Å². The van der Waals surface area contributed by atoms with Crippen LogP contribution in [0.2, 0.25) is 0 Å². The number of amides is 1. The van der Waals surface area contributed by atoms with Crippen molar-refractivity contribution in [1.82, 2.24) is 5.32 Å². The van der Waals surface area contributed by atoms with Crippen LogP contribution in [0.25, 0.3) is 5.57 Å². The minimum absolute atomic E-state index is 0.0374. The molecule has 19 heavy (non-hydrogen) atoms. The van der Waals surface area contributed by atoms with Crippen molar-refractivity contribution in [1.29, 1.82) is 0 Å². The molecule has 0 saturated heterocycles. The zero-order chi connectivity index (χ0) is 13.8. The van der Waals surface area contributed by atoms with Crippen molar-refractivity contribution in [2.24, 2.45) is 4.99 Å². The summed E-state index contributed by atoms with van der Waals surface area (Å²) in [4.78, 5) is 15.9. The van der Waals surface area contributed by atoms with Crippen LogP contribution in [0.1, 0.15) is 47.7 Å². The molecule has 1 aromatic rings. The third-order valence-corrected chi connectivity index (χ3v) is 3.38. The zero-order valence-corrected chi connectivity index (χ0v) is 11.6.